The molecule has 0 spiro atoms. The molecule has 3 heteroatoms. The second kappa shape index (κ2) is 116. The molecule has 0 aliphatic rings. The van der Waals surface area contributed by atoms with Gasteiger partial charge in [0, 0.05) is 0 Å². The Labute approximate surface area is 35.1 Å². The van der Waals surface area contributed by atoms with Gasteiger partial charge >= 0.3 is 16.5 Å². The van der Waals surface area contributed by atoms with Crippen LogP contribution in [0.1, 0.15) is 0 Å². The fourth-order valence-electron chi connectivity index (χ4n) is 0. The third kappa shape index (κ3) is 28.2. The zero-order chi connectivity index (χ0) is 2.00. The molecule has 0 aromatic rings. The minimum atomic E-state index is 0. The maximum atomic E-state index is 6.75. The van der Waals surface area contributed by atoms with Crippen LogP contribution in [-0.4, -0.2) is 10.6 Å². The maximum Gasteiger partial charge on any atom is 2.00 e. The Balaban J connectivity index is -0.00000000500. The van der Waals surface area contributed by atoms with Crippen molar-refractivity contribution in [3.63, 3.8) is 0 Å². The molecule has 0 amide bonds. The first-order valence-corrected chi connectivity index (χ1v) is 0.316. The van der Waals surface area contributed by atoms with E-state index in [9.17, 15) is 0 Å². The molecule has 0 bridgehead atoms. The smallest absolute Gasteiger partial charge is 0.870 e. The second-order valence-electron chi connectivity index (χ2n) is 0. The molecule has 0 aromatic heterocycles. The summed E-state index contributed by atoms with van der Waals surface area (Å²) in [5, 5.41) is 6.75. The molecule has 0 radical (unpaired) electrons. The molecule has 4 heavy (non-hydrogen) atoms. The third-order valence-corrected chi connectivity index (χ3v) is 0. The van der Waals surface area contributed by atoms with Crippen LogP contribution in [0.5, 0.6) is 0 Å². The van der Waals surface area contributed by atoms with Gasteiger partial charge in [-0.05, 0) is 0 Å². The molecule has 0 saturated carbocycles. The molecule has 0 atom stereocenters. The van der Waals surface area contributed by atoms with Crippen LogP contribution in [0.3, 0.4) is 0 Å². The molecule has 0 aliphatic heterocycles. The number of aliphatic hydroxyl groups is 1. The number of aliphatic hydroxyl groups excluding tert-OH is 1. The fourth-order valence-corrected chi connectivity index (χ4v) is 0. The minimum absolute atomic E-state index is 0. The topological polar surface area (TPSA) is 50.2 Å². The predicted molar refractivity (Wildman–Crippen MR) is 9.23 cm³/mol. The van der Waals surface area contributed by atoms with Crippen molar-refractivity contribution < 1.29 is 27.1 Å². The first-order valence-electron chi connectivity index (χ1n) is 0.316. The molecule has 0 unspecified atom stereocenters. The van der Waals surface area contributed by atoms with Gasteiger partial charge in [-0.3, -0.25) is 0 Å². The van der Waals surface area contributed by atoms with Crippen molar-refractivity contribution in [1.82, 2.24) is 0 Å². The van der Waals surface area contributed by atoms with E-state index in [1.807, 2.05) is 0 Å². The van der Waals surface area contributed by atoms with Crippen molar-refractivity contribution in [1.29, 1.82) is 0 Å². The van der Waals surface area contributed by atoms with Crippen LogP contribution < -0.4 is 0 Å². The van der Waals surface area contributed by atoms with Crippen LogP contribution in [0, 0.1) is 7.11 Å². The van der Waals surface area contributed by atoms with Gasteiger partial charge in [0.1, 0.15) is 0 Å². The molecule has 0 saturated heterocycles. The molecule has 2 N–H and O–H groups in total. The van der Waals surface area contributed by atoms with Gasteiger partial charge in [0.2, 0.25) is 0 Å². The van der Waals surface area contributed by atoms with Crippen molar-refractivity contribution in [2.45, 2.75) is 0 Å². The maximum absolute atomic E-state index is 6.75. The van der Waals surface area contributed by atoms with Crippen LogP contribution in [0.4, 0.5) is 0 Å². The molecule has 0 fully saturated rings. The van der Waals surface area contributed by atoms with Crippen molar-refractivity contribution in [2.75, 3.05) is 0 Å². The van der Waals surface area contributed by atoms with Crippen LogP contribution in [0.15, 0.2) is 0 Å². The average molecular weight is 107 g/mol. The predicted octanol–water partition coefficient (Wildman–Crippen LogP) is -0.0288. The van der Waals surface area contributed by atoms with Gasteiger partial charge in [-0.1, -0.05) is 0 Å². The van der Waals surface area contributed by atoms with Gasteiger partial charge in [0.05, 0.1) is 0 Å². The van der Waals surface area contributed by atoms with Crippen LogP contribution in [0.25, 0.3) is 0 Å². The summed E-state index contributed by atoms with van der Waals surface area (Å²) >= 11 is 0. The number of rotatable bonds is 0. The summed E-state index contributed by atoms with van der Waals surface area (Å²) in [6.07, 6.45) is 0. The van der Waals surface area contributed by atoms with Gasteiger partial charge < -0.3 is 10.6 Å². The molecule has 0 heterocycles. The monoisotopic (exact) mass is 106 g/mol. The molecule has 0 aromatic carbocycles. The first-order chi connectivity index (χ1) is 1.00. The van der Waals surface area contributed by atoms with E-state index >= 15 is 0 Å². The molecule has 0 rings (SSSR count). The van der Waals surface area contributed by atoms with Gasteiger partial charge in [-0.25, -0.2) is 7.11 Å². The quantitative estimate of drug-likeness (QED) is 0.349. The van der Waals surface area contributed by atoms with Gasteiger partial charge in [-0.2, -0.15) is 0 Å². The zero-order valence-electron chi connectivity index (χ0n) is 1.92. The fraction of sp³-hybridized carbons (Fsp3) is 0. The minimum Gasteiger partial charge on any atom is -0.870 e. The van der Waals surface area contributed by atoms with Gasteiger partial charge in [0.15, 0.2) is 0 Å². The zero-order valence-corrected chi connectivity index (χ0v) is 2.91. The van der Waals surface area contributed by atoms with Crippen molar-refractivity contribution in [2.24, 2.45) is 0 Å². The Morgan fingerprint density at radius 2 is 1.25 bits per heavy atom. The Hall–Kier alpha value is 0.414. The van der Waals surface area contributed by atoms with Gasteiger partial charge in [-0.15, -0.1) is 0 Å². The van der Waals surface area contributed by atoms with Crippen LogP contribution in [0.2, 0.25) is 0 Å². The summed E-state index contributed by atoms with van der Waals surface area (Å²) in [6, 6.07) is 0. The van der Waals surface area contributed by atoms with Crippen molar-refractivity contribution in [3.8, 4) is 0 Å². The summed E-state index contributed by atoms with van der Waals surface area (Å²) in [7, 11) is 2.25. The van der Waals surface area contributed by atoms with Crippen LogP contribution >= 0.6 is 0 Å². The third-order valence-electron chi connectivity index (χ3n) is 0. The average Bonchev–Trinajstić information content (AvgIpc) is 1.00. The molecular formula is CH4NiO2. The summed E-state index contributed by atoms with van der Waals surface area (Å²) in [5.74, 6) is 0. The van der Waals surface area contributed by atoms with Crippen LogP contribution in [-0.2, 0) is 16.5 Å². The largest absolute Gasteiger partial charge is 2.00 e. The Morgan fingerprint density at radius 1 is 1.25 bits per heavy atom. The Kier molecular flexibility index (Phi) is 748. The SMILES string of the molecule is [CH2-]O.[Ni+2].[OH-]. The van der Waals surface area contributed by atoms with E-state index in [0.717, 1.165) is 0 Å². The Bertz CT molecular complexity index is 6.00. The molecule has 30 valence electrons. The van der Waals surface area contributed by atoms with E-state index in [2.05, 4.69) is 7.11 Å². The summed E-state index contributed by atoms with van der Waals surface area (Å²) in [6.45, 7) is 0. The standard InChI is InChI=1S/CH3O.Ni.H2O/c1-2;;/h2H,1H2;;1H2/q-1;+2;/p-1. The van der Waals surface area contributed by atoms with E-state index in [0.29, 0.717) is 0 Å². The second-order valence-corrected chi connectivity index (χ2v) is 0. The first kappa shape index (κ1) is 25.7. The van der Waals surface area contributed by atoms with E-state index in [1.165, 1.54) is 0 Å². The molecule has 0 aliphatic carbocycles. The van der Waals surface area contributed by atoms with E-state index in [1.54, 1.807) is 0 Å². The summed E-state index contributed by atoms with van der Waals surface area (Å²) in [4.78, 5) is 0. The molecule has 2 nitrogen and oxygen atoms in total. The van der Waals surface area contributed by atoms with Crippen molar-refractivity contribution in [3.05, 3.63) is 7.11 Å². The summed E-state index contributed by atoms with van der Waals surface area (Å²) in [5.41, 5.74) is 0. The molecular weight excluding hydrogens is 103 g/mol. The van der Waals surface area contributed by atoms with E-state index < -0.39 is 0 Å². The normalized spacial score (nSPS) is 1.50. The number of hydrogen-bond donors (Lipinski definition) is 1. The van der Waals surface area contributed by atoms with E-state index in [4.69, 9.17) is 5.11 Å². The summed E-state index contributed by atoms with van der Waals surface area (Å²) < 4.78 is 0. The number of hydrogen-bond acceptors (Lipinski definition) is 2. The van der Waals surface area contributed by atoms with E-state index in [-0.39, 0.29) is 22.0 Å². The van der Waals surface area contributed by atoms with Crippen molar-refractivity contribution >= 4 is 0 Å². The van der Waals surface area contributed by atoms with Gasteiger partial charge in [0.25, 0.3) is 0 Å². The Morgan fingerprint density at radius 3 is 1.25 bits per heavy atom.